The summed E-state index contributed by atoms with van der Waals surface area (Å²) in [6, 6.07) is 0. The Morgan fingerprint density at radius 1 is 0.641 bits per heavy atom. The van der Waals surface area contributed by atoms with Crippen LogP contribution in [0, 0.1) is 0 Å². The van der Waals surface area contributed by atoms with Crippen LogP contribution in [0.15, 0.2) is 0 Å². The molecule has 0 aliphatic heterocycles. The number of rotatable bonds is 11. The van der Waals surface area contributed by atoms with Crippen molar-refractivity contribution in [2.24, 2.45) is 11.5 Å². The molecule has 0 heterocycles. The SMILES string of the molecule is NCCCC(OC(=O)COC(=O)C(F)(F)F)[C@@](N)(OC(=O)COC(=O)C(F)(F)F)C(=O)OOC(=O)C(F)(F)F. The molecular formula is C16H15F9N2O12. The molecule has 39 heavy (non-hydrogen) atoms. The number of carbonyl (C=O) groups excluding carboxylic acids is 6. The Morgan fingerprint density at radius 3 is 1.46 bits per heavy atom. The maximum Gasteiger partial charge on any atom is 0.495 e. The van der Waals surface area contributed by atoms with Crippen molar-refractivity contribution in [1.29, 1.82) is 0 Å². The molecule has 14 nitrogen and oxygen atoms in total. The van der Waals surface area contributed by atoms with Crippen LogP contribution in [0.4, 0.5) is 39.5 Å². The number of nitrogens with two attached hydrogens (primary N) is 2. The molecule has 224 valence electrons. The largest absolute Gasteiger partial charge is 0.495 e. The van der Waals surface area contributed by atoms with E-state index in [0.717, 1.165) is 0 Å². The van der Waals surface area contributed by atoms with Crippen LogP contribution >= 0.6 is 0 Å². The Balaban J connectivity index is 6.00. The molecule has 0 aromatic rings. The van der Waals surface area contributed by atoms with E-state index < -0.39 is 92.2 Å². The summed E-state index contributed by atoms with van der Waals surface area (Å²) in [6.07, 6.45) is -20.8. The van der Waals surface area contributed by atoms with E-state index in [0.29, 0.717) is 0 Å². The summed E-state index contributed by atoms with van der Waals surface area (Å²) in [4.78, 5) is 74.8. The Labute approximate surface area is 208 Å². The molecule has 0 bridgehead atoms. The van der Waals surface area contributed by atoms with E-state index in [1.54, 1.807) is 0 Å². The second-order valence-corrected chi connectivity index (χ2v) is 6.56. The highest BCUT2D eigenvalue weighted by Crippen LogP contribution is 2.24. The third-order valence-electron chi connectivity index (χ3n) is 3.55. The van der Waals surface area contributed by atoms with E-state index in [2.05, 4.69) is 28.7 Å². The average molecular weight is 598 g/mol. The van der Waals surface area contributed by atoms with E-state index >= 15 is 0 Å². The normalized spacial score (nSPS) is 14.2. The second-order valence-electron chi connectivity index (χ2n) is 6.56. The summed E-state index contributed by atoms with van der Waals surface area (Å²) in [5.74, 6) is -15.7. The van der Waals surface area contributed by atoms with Crippen molar-refractivity contribution < 1.29 is 97.0 Å². The van der Waals surface area contributed by atoms with Crippen molar-refractivity contribution in [2.75, 3.05) is 19.8 Å². The van der Waals surface area contributed by atoms with Gasteiger partial charge in [-0.15, -0.1) is 0 Å². The molecule has 4 N–H and O–H groups in total. The highest BCUT2D eigenvalue weighted by atomic mass is 19.4. The summed E-state index contributed by atoms with van der Waals surface area (Å²) in [6.45, 7) is -4.20. The van der Waals surface area contributed by atoms with Crippen LogP contribution < -0.4 is 11.5 Å². The molecule has 0 aliphatic rings. The summed E-state index contributed by atoms with van der Waals surface area (Å²) in [5.41, 5.74) is 6.86. The van der Waals surface area contributed by atoms with Gasteiger partial charge < -0.3 is 24.7 Å². The third kappa shape index (κ3) is 12.0. The zero-order valence-electron chi connectivity index (χ0n) is 18.6. The lowest BCUT2D eigenvalue weighted by atomic mass is 10.0. The molecule has 0 saturated carbocycles. The van der Waals surface area contributed by atoms with E-state index in [-0.39, 0.29) is 6.54 Å². The zero-order chi connectivity index (χ0) is 30.8. The van der Waals surface area contributed by atoms with Gasteiger partial charge in [-0.05, 0) is 19.4 Å². The van der Waals surface area contributed by atoms with Gasteiger partial charge in [0.25, 0.3) is 0 Å². The summed E-state index contributed by atoms with van der Waals surface area (Å²) in [5, 5.41) is 0. The number of hydrogen-bond donors (Lipinski definition) is 2. The van der Waals surface area contributed by atoms with Crippen LogP contribution in [0.1, 0.15) is 12.8 Å². The first-order valence-corrected chi connectivity index (χ1v) is 9.44. The number of esters is 4. The first-order valence-electron chi connectivity index (χ1n) is 9.44. The lowest BCUT2D eigenvalue weighted by Crippen LogP contribution is -2.63. The Morgan fingerprint density at radius 2 is 1.05 bits per heavy atom. The molecule has 0 amide bonds. The molecule has 23 heteroatoms. The minimum Gasteiger partial charge on any atom is -0.453 e. The van der Waals surface area contributed by atoms with E-state index in [1.165, 1.54) is 0 Å². The fourth-order valence-corrected chi connectivity index (χ4v) is 1.91. The molecule has 0 spiro atoms. The van der Waals surface area contributed by atoms with Gasteiger partial charge in [-0.3, -0.25) is 5.73 Å². The number of halogens is 9. The molecule has 0 aromatic heterocycles. The van der Waals surface area contributed by atoms with Crippen LogP contribution in [-0.2, 0) is 57.5 Å². The highest BCUT2D eigenvalue weighted by molar-refractivity contribution is 5.86. The lowest BCUT2D eigenvalue weighted by molar-refractivity contribution is -0.298. The van der Waals surface area contributed by atoms with Crippen molar-refractivity contribution in [2.45, 2.75) is 43.2 Å². The molecule has 0 aliphatic carbocycles. The quantitative estimate of drug-likeness (QED) is 0.0775. The molecule has 0 saturated heterocycles. The van der Waals surface area contributed by atoms with Crippen molar-refractivity contribution in [1.82, 2.24) is 0 Å². The van der Waals surface area contributed by atoms with Crippen molar-refractivity contribution in [3.63, 3.8) is 0 Å². The molecule has 0 fully saturated rings. The van der Waals surface area contributed by atoms with Gasteiger partial charge in [0, 0.05) is 0 Å². The van der Waals surface area contributed by atoms with Crippen LogP contribution in [-0.4, -0.2) is 85.9 Å². The average Bonchev–Trinajstić information content (AvgIpc) is 2.79. The van der Waals surface area contributed by atoms with Gasteiger partial charge in [-0.1, -0.05) is 0 Å². The van der Waals surface area contributed by atoms with Crippen LogP contribution in [0.25, 0.3) is 0 Å². The fourth-order valence-electron chi connectivity index (χ4n) is 1.91. The predicted octanol–water partition coefficient (Wildman–Crippen LogP) is -0.390. The van der Waals surface area contributed by atoms with Gasteiger partial charge >= 0.3 is 60.1 Å². The molecule has 0 rings (SSSR count). The smallest absolute Gasteiger partial charge is 0.453 e. The van der Waals surface area contributed by atoms with Gasteiger partial charge in [0.1, 0.15) is 0 Å². The Bertz CT molecular complexity index is 935. The van der Waals surface area contributed by atoms with E-state index in [1.807, 2.05) is 0 Å². The first kappa shape index (κ1) is 35.1. The lowest BCUT2D eigenvalue weighted by Gasteiger charge is -2.33. The molecule has 0 aromatic carbocycles. The van der Waals surface area contributed by atoms with Crippen molar-refractivity contribution in [3.8, 4) is 0 Å². The van der Waals surface area contributed by atoms with Crippen molar-refractivity contribution in [3.05, 3.63) is 0 Å². The van der Waals surface area contributed by atoms with E-state index in [9.17, 15) is 68.3 Å². The topological polar surface area (TPSA) is 210 Å². The Kier molecular flexibility index (Phi) is 12.4. The summed E-state index contributed by atoms with van der Waals surface area (Å²) < 4.78 is 126. The van der Waals surface area contributed by atoms with Gasteiger partial charge in [-0.25, -0.2) is 38.5 Å². The van der Waals surface area contributed by atoms with E-state index in [4.69, 9.17) is 11.5 Å². The zero-order valence-corrected chi connectivity index (χ0v) is 18.6. The first-order chi connectivity index (χ1) is 17.6. The standard InChI is InChI=1S/C16H15F9N2O12/c17-14(18,19)10(31)34-4-7(28)36-6(2-1-3-26)13(27,9(30)38-39-12(33)16(23,24)25)37-8(29)5-35-11(32)15(20,21)22/h6H,1-5,26-27H2/t6?,13-/m1/s1. The number of ether oxygens (including phenoxy) is 4. The summed E-state index contributed by atoms with van der Waals surface area (Å²) >= 11 is 0. The molecular weight excluding hydrogens is 583 g/mol. The number of hydrogen-bond acceptors (Lipinski definition) is 14. The molecule has 1 unspecified atom stereocenters. The molecule has 0 radical (unpaired) electrons. The highest BCUT2D eigenvalue weighted by Gasteiger charge is 2.53. The third-order valence-corrected chi connectivity index (χ3v) is 3.55. The monoisotopic (exact) mass is 598 g/mol. The van der Waals surface area contributed by atoms with Crippen LogP contribution in [0.3, 0.4) is 0 Å². The van der Waals surface area contributed by atoms with Gasteiger partial charge in [0.05, 0.1) is 0 Å². The van der Waals surface area contributed by atoms with Crippen LogP contribution in [0.5, 0.6) is 0 Å². The minimum atomic E-state index is -5.78. The summed E-state index contributed by atoms with van der Waals surface area (Å²) in [7, 11) is 0. The number of alkyl halides is 9. The maximum atomic E-state index is 12.3. The maximum absolute atomic E-state index is 12.3. The molecule has 2 atom stereocenters. The van der Waals surface area contributed by atoms with Gasteiger partial charge in [0.15, 0.2) is 19.3 Å². The predicted molar refractivity (Wildman–Crippen MR) is 93.4 cm³/mol. The Hall–Kier alpha value is -3.89. The fraction of sp³-hybridized carbons (Fsp3) is 0.625. The number of carbonyl (C=O) groups is 6. The van der Waals surface area contributed by atoms with Gasteiger partial charge in [-0.2, -0.15) is 39.5 Å². The van der Waals surface area contributed by atoms with Gasteiger partial charge in [0.2, 0.25) is 0 Å². The second kappa shape index (κ2) is 13.8. The van der Waals surface area contributed by atoms with Crippen molar-refractivity contribution >= 4 is 35.8 Å². The minimum absolute atomic E-state index is 0.373. The van der Waals surface area contributed by atoms with Crippen LogP contribution in [0.2, 0.25) is 0 Å².